The molecule has 1 aromatic rings. The first-order valence-electron chi connectivity index (χ1n) is 7.69. The van der Waals surface area contributed by atoms with E-state index in [-0.39, 0.29) is 0 Å². The lowest BCUT2D eigenvalue weighted by molar-refractivity contribution is -0.139. The highest BCUT2D eigenvalue weighted by molar-refractivity contribution is 7.15. The van der Waals surface area contributed by atoms with E-state index in [9.17, 15) is 9.90 Å². The molecule has 0 radical (unpaired) electrons. The van der Waals surface area contributed by atoms with Gasteiger partial charge in [0.1, 0.15) is 5.92 Å². The lowest BCUT2D eigenvalue weighted by Crippen LogP contribution is -2.32. The van der Waals surface area contributed by atoms with Crippen LogP contribution in [0.2, 0.25) is 0 Å². The number of anilines is 1. The zero-order chi connectivity index (χ0) is 15.4. The van der Waals surface area contributed by atoms with Crippen LogP contribution in [-0.2, 0) is 11.2 Å². The van der Waals surface area contributed by atoms with Crippen LogP contribution >= 0.6 is 11.3 Å². The van der Waals surface area contributed by atoms with E-state index in [1.807, 2.05) is 0 Å². The summed E-state index contributed by atoms with van der Waals surface area (Å²) in [6.45, 7) is 6.21. The minimum absolute atomic E-state index is 0.414. The molecule has 2 N–H and O–H groups in total. The number of hydrogen-bond donors (Lipinski definition) is 2. The molecule has 1 heterocycles. The summed E-state index contributed by atoms with van der Waals surface area (Å²) >= 11 is 1.62. The van der Waals surface area contributed by atoms with Gasteiger partial charge in [-0.15, -0.1) is 11.3 Å². The smallest absolute Gasteiger partial charge is 0.312 e. The maximum atomic E-state index is 11.3. The molecule has 6 heteroatoms. The summed E-state index contributed by atoms with van der Waals surface area (Å²) in [5.41, 5.74) is 0.788. The second kappa shape index (κ2) is 7.22. The summed E-state index contributed by atoms with van der Waals surface area (Å²) in [7, 11) is 2.13. The number of fused-ring (bicyclic) bond motifs is 1. The number of nitrogens with one attached hydrogen (secondary N) is 1. The molecule has 0 amide bonds. The zero-order valence-corrected chi connectivity index (χ0v) is 13.9. The summed E-state index contributed by atoms with van der Waals surface area (Å²) in [6, 6.07) is 0.577. The molecule has 0 spiro atoms. The van der Waals surface area contributed by atoms with Gasteiger partial charge in [0, 0.05) is 24.0 Å². The maximum Gasteiger partial charge on any atom is 0.312 e. The number of aryl methyl sites for hydroxylation is 1. The fraction of sp³-hybridized carbons (Fsp3) is 0.733. The molecule has 21 heavy (non-hydrogen) atoms. The number of carboxylic acids is 1. The van der Waals surface area contributed by atoms with Crippen molar-refractivity contribution in [1.82, 2.24) is 9.88 Å². The van der Waals surface area contributed by atoms with Crippen LogP contribution in [0.4, 0.5) is 5.13 Å². The molecule has 118 valence electrons. The van der Waals surface area contributed by atoms with Gasteiger partial charge in [-0.3, -0.25) is 4.79 Å². The molecule has 2 unspecified atom stereocenters. The number of aliphatic carboxylic acids is 1. The molecule has 0 saturated carbocycles. The molecule has 0 saturated heterocycles. The van der Waals surface area contributed by atoms with Gasteiger partial charge < -0.3 is 15.3 Å². The van der Waals surface area contributed by atoms with E-state index in [1.165, 1.54) is 0 Å². The maximum absolute atomic E-state index is 11.3. The fourth-order valence-electron chi connectivity index (χ4n) is 2.61. The van der Waals surface area contributed by atoms with E-state index in [0.717, 1.165) is 48.1 Å². The molecule has 2 atom stereocenters. The molecule has 1 aromatic heterocycles. The Morgan fingerprint density at radius 2 is 2.38 bits per heavy atom. The van der Waals surface area contributed by atoms with E-state index in [4.69, 9.17) is 0 Å². The van der Waals surface area contributed by atoms with Crippen molar-refractivity contribution in [3.05, 3.63) is 10.6 Å². The zero-order valence-electron chi connectivity index (χ0n) is 13.1. The monoisotopic (exact) mass is 311 g/mol. The Balaban J connectivity index is 1.92. The van der Waals surface area contributed by atoms with Crippen molar-refractivity contribution in [1.29, 1.82) is 0 Å². The number of hydrogen-bond acceptors (Lipinski definition) is 5. The summed E-state index contributed by atoms with van der Waals surface area (Å²) in [4.78, 5) is 19.3. The Morgan fingerprint density at radius 1 is 1.62 bits per heavy atom. The van der Waals surface area contributed by atoms with Gasteiger partial charge in [0.2, 0.25) is 0 Å². The number of carboxylic acid groups (broad SMARTS) is 1. The number of thiazole rings is 1. The van der Waals surface area contributed by atoms with Crippen LogP contribution in [0.5, 0.6) is 0 Å². The van der Waals surface area contributed by atoms with Crippen molar-refractivity contribution in [2.24, 2.45) is 0 Å². The Kier molecular flexibility index (Phi) is 5.58. The third kappa shape index (κ3) is 3.95. The predicted molar refractivity (Wildman–Crippen MR) is 86.3 cm³/mol. The number of nitrogens with zero attached hydrogens (tertiary/aromatic N) is 2. The fourth-order valence-corrected chi connectivity index (χ4v) is 3.70. The van der Waals surface area contributed by atoms with Crippen LogP contribution in [0.15, 0.2) is 0 Å². The second-order valence-corrected chi connectivity index (χ2v) is 6.86. The Bertz CT molecular complexity index is 489. The van der Waals surface area contributed by atoms with Gasteiger partial charge in [-0.1, -0.05) is 6.92 Å². The van der Waals surface area contributed by atoms with Gasteiger partial charge in [0.05, 0.1) is 5.69 Å². The first-order valence-corrected chi connectivity index (χ1v) is 8.51. The van der Waals surface area contributed by atoms with Crippen LogP contribution in [0.25, 0.3) is 0 Å². The number of aromatic nitrogens is 1. The average Bonchev–Trinajstić information content (AvgIpc) is 2.88. The molecule has 0 aromatic carbocycles. The van der Waals surface area contributed by atoms with Gasteiger partial charge in [-0.25, -0.2) is 4.98 Å². The van der Waals surface area contributed by atoms with Crippen LogP contribution in [0.1, 0.15) is 49.6 Å². The van der Waals surface area contributed by atoms with Crippen molar-refractivity contribution in [2.45, 2.75) is 51.5 Å². The third-order valence-electron chi connectivity index (χ3n) is 4.34. The lowest BCUT2D eigenvalue weighted by atomic mass is 9.91. The predicted octanol–water partition coefficient (Wildman–Crippen LogP) is 2.79. The Hall–Kier alpha value is -1.14. The quantitative estimate of drug-likeness (QED) is 0.810. The van der Waals surface area contributed by atoms with E-state index in [0.29, 0.717) is 12.5 Å². The first kappa shape index (κ1) is 16.2. The highest BCUT2D eigenvalue weighted by Gasteiger charge is 2.29. The van der Waals surface area contributed by atoms with Gasteiger partial charge in [0.25, 0.3) is 0 Å². The molecule has 0 fully saturated rings. The van der Waals surface area contributed by atoms with Gasteiger partial charge in [0.15, 0.2) is 5.13 Å². The second-order valence-electron chi connectivity index (χ2n) is 5.78. The van der Waals surface area contributed by atoms with Crippen LogP contribution in [0.3, 0.4) is 0 Å². The largest absolute Gasteiger partial charge is 0.481 e. The first-order chi connectivity index (χ1) is 10.0. The standard InChI is InChI=1S/C15H25N3O2S/c1-4-10(2)18(3)9-8-16-15-17-13-11(14(19)20)6-5-7-12(13)21-15/h10-11H,4-9H2,1-3H3,(H,16,17)(H,19,20). The molecule has 1 aliphatic rings. The van der Waals surface area contributed by atoms with Gasteiger partial charge >= 0.3 is 5.97 Å². The highest BCUT2D eigenvalue weighted by Crippen LogP contribution is 2.36. The normalized spacial score (nSPS) is 19.3. The lowest BCUT2D eigenvalue weighted by Gasteiger charge is -2.23. The number of likely N-dealkylation sites (N-methyl/N-ethyl adjacent to an activating group) is 1. The molecular formula is C15H25N3O2S. The summed E-state index contributed by atoms with van der Waals surface area (Å²) in [5, 5.41) is 13.5. The Morgan fingerprint density at radius 3 is 3.05 bits per heavy atom. The molecular weight excluding hydrogens is 286 g/mol. The number of carbonyl (C=O) groups is 1. The van der Waals surface area contributed by atoms with Crippen molar-refractivity contribution < 1.29 is 9.90 Å². The van der Waals surface area contributed by atoms with E-state index in [1.54, 1.807) is 11.3 Å². The topological polar surface area (TPSA) is 65.5 Å². The van der Waals surface area contributed by atoms with Gasteiger partial charge in [-0.2, -0.15) is 0 Å². The molecule has 1 aliphatic carbocycles. The van der Waals surface area contributed by atoms with Crippen molar-refractivity contribution in [3.63, 3.8) is 0 Å². The number of rotatable bonds is 7. The van der Waals surface area contributed by atoms with E-state index >= 15 is 0 Å². The van der Waals surface area contributed by atoms with E-state index in [2.05, 4.69) is 36.1 Å². The molecule has 0 aliphatic heterocycles. The molecule has 0 bridgehead atoms. The highest BCUT2D eigenvalue weighted by atomic mass is 32.1. The minimum atomic E-state index is -0.746. The Labute approximate surface area is 130 Å². The van der Waals surface area contributed by atoms with Crippen LogP contribution < -0.4 is 5.32 Å². The summed E-state index contributed by atoms with van der Waals surface area (Å²) < 4.78 is 0. The SMILES string of the molecule is CCC(C)N(C)CCNc1nc2c(s1)CCCC2C(=O)O. The minimum Gasteiger partial charge on any atom is -0.481 e. The van der Waals surface area contributed by atoms with Crippen molar-refractivity contribution in [2.75, 3.05) is 25.5 Å². The molecule has 2 rings (SSSR count). The van der Waals surface area contributed by atoms with Crippen molar-refractivity contribution >= 4 is 22.4 Å². The summed E-state index contributed by atoms with van der Waals surface area (Å²) in [5.74, 6) is -1.16. The van der Waals surface area contributed by atoms with E-state index < -0.39 is 11.9 Å². The summed E-state index contributed by atoms with van der Waals surface area (Å²) in [6.07, 6.45) is 3.76. The van der Waals surface area contributed by atoms with Gasteiger partial charge in [-0.05, 0) is 39.7 Å². The third-order valence-corrected chi connectivity index (χ3v) is 5.43. The average molecular weight is 311 g/mol. The van der Waals surface area contributed by atoms with Crippen molar-refractivity contribution in [3.8, 4) is 0 Å². The van der Waals surface area contributed by atoms with Crippen LogP contribution in [0, 0.1) is 0 Å². The van der Waals surface area contributed by atoms with Crippen LogP contribution in [-0.4, -0.2) is 47.1 Å². The molecule has 5 nitrogen and oxygen atoms in total.